The molecule has 0 fully saturated rings. The Morgan fingerprint density at radius 1 is 1.44 bits per heavy atom. The van der Waals surface area contributed by atoms with Gasteiger partial charge in [-0.15, -0.1) is 0 Å². The summed E-state index contributed by atoms with van der Waals surface area (Å²) in [5.41, 5.74) is 7.32. The Morgan fingerprint density at radius 2 is 2.06 bits per heavy atom. The Labute approximate surface area is 114 Å². The first kappa shape index (κ1) is 14.8. The van der Waals surface area contributed by atoms with Gasteiger partial charge in [-0.1, -0.05) is 39.9 Å². The summed E-state index contributed by atoms with van der Waals surface area (Å²) in [6.45, 7) is 11.6. The van der Waals surface area contributed by atoms with Gasteiger partial charge < -0.3 is 11.1 Å². The minimum atomic E-state index is 0.253. The fraction of sp³-hybridized carbons (Fsp3) is 0.615. The van der Waals surface area contributed by atoms with Gasteiger partial charge in [0.2, 0.25) is 5.95 Å². The SMILES string of the molecule is Cc1cc(C(N)=S)nc(NCC(C)C(C)(C)C)n1. The zero-order valence-corrected chi connectivity index (χ0v) is 12.6. The second-order valence-corrected chi connectivity index (χ2v) is 6.17. The number of aromatic nitrogens is 2. The fourth-order valence-corrected chi connectivity index (χ4v) is 1.43. The Bertz CT molecular complexity index is 437. The van der Waals surface area contributed by atoms with E-state index in [4.69, 9.17) is 18.0 Å². The van der Waals surface area contributed by atoms with Crippen LogP contribution in [0.2, 0.25) is 0 Å². The molecule has 1 aromatic heterocycles. The molecule has 0 aliphatic heterocycles. The number of aryl methyl sites for hydroxylation is 1. The summed E-state index contributed by atoms with van der Waals surface area (Å²) in [4.78, 5) is 8.93. The van der Waals surface area contributed by atoms with Gasteiger partial charge in [-0.2, -0.15) is 0 Å². The molecule has 1 unspecified atom stereocenters. The van der Waals surface area contributed by atoms with Gasteiger partial charge in [0.25, 0.3) is 0 Å². The Balaban J connectivity index is 2.77. The van der Waals surface area contributed by atoms with Crippen molar-refractivity contribution in [2.75, 3.05) is 11.9 Å². The normalized spacial score (nSPS) is 13.2. The van der Waals surface area contributed by atoms with Gasteiger partial charge >= 0.3 is 0 Å². The van der Waals surface area contributed by atoms with Crippen molar-refractivity contribution in [1.82, 2.24) is 9.97 Å². The second-order valence-electron chi connectivity index (χ2n) is 5.73. The smallest absolute Gasteiger partial charge is 0.223 e. The van der Waals surface area contributed by atoms with Gasteiger partial charge in [-0.25, -0.2) is 9.97 Å². The van der Waals surface area contributed by atoms with Gasteiger partial charge in [-0.05, 0) is 24.3 Å². The van der Waals surface area contributed by atoms with Crippen LogP contribution < -0.4 is 11.1 Å². The van der Waals surface area contributed by atoms with E-state index in [2.05, 4.69) is 43.0 Å². The van der Waals surface area contributed by atoms with E-state index >= 15 is 0 Å². The van der Waals surface area contributed by atoms with Crippen LogP contribution in [0.5, 0.6) is 0 Å². The van der Waals surface area contributed by atoms with Crippen LogP contribution in [0.15, 0.2) is 6.07 Å². The van der Waals surface area contributed by atoms with Crippen LogP contribution in [-0.2, 0) is 0 Å². The molecule has 0 aliphatic carbocycles. The van der Waals surface area contributed by atoms with Crippen molar-refractivity contribution in [2.24, 2.45) is 17.1 Å². The molecule has 0 aromatic carbocycles. The third-order valence-corrected chi connectivity index (χ3v) is 3.36. The van der Waals surface area contributed by atoms with E-state index in [-0.39, 0.29) is 5.41 Å². The summed E-state index contributed by atoms with van der Waals surface area (Å²) in [6, 6.07) is 1.79. The molecule has 0 radical (unpaired) electrons. The average molecular weight is 266 g/mol. The van der Waals surface area contributed by atoms with Crippen LogP contribution in [0, 0.1) is 18.3 Å². The quantitative estimate of drug-likeness (QED) is 0.820. The molecule has 3 N–H and O–H groups in total. The third-order valence-electron chi connectivity index (χ3n) is 3.15. The van der Waals surface area contributed by atoms with Gasteiger partial charge in [0, 0.05) is 12.2 Å². The maximum Gasteiger partial charge on any atom is 0.223 e. The molecule has 0 saturated heterocycles. The number of hydrogen-bond donors (Lipinski definition) is 2. The molecule has 18 heavy (non-hydrogen) atoms. The van der Waals surface area contributed by atoms with Crippen LogP contribution in [0.1, 0.15) is 39.1 Å². The highest BCUT2D eigenvalue weighted by Gasteiger charge is 2.19. The van der Waals surface area contributed by atoms with Crippen molar-refractivity contribution in [1.29, 1.82) is 0 Å². The molecule has 4 nitrogen and oxygen atoms in total. The molecule has 1 heterocycles. The van der Waals surface area contributed by atoms with Crippen molar-refractivity contribution in [3.8, 4) is 0 Å². The molecule has 5 heteroatoms. The number of nitrogens with two attached hydrogens (primary N) is 1. The summed E-state index contributed by atoms with van der Waals surface area (Å²) in [5, 5.41) is 3.25. The fourth-order valence-electron chi connectivity index (χ4n) is 1.32. The number of nitrogens with zero attached hydrogens (tertiary/aromatic N) is 2. The molecule has 1 atom stereocenters. The predicted octanol–water partition coefficient (Wildman–Crippen LogP) is 2.51. The first-order valence-electron chi connectivity index (χ1n) is 6.09. The second kappa shape index (κ2) is 5.61. The third kappa shape index (κ3) is 4.22. The lowest BCUT2D eigenvalue weighted by Crippen LogP contribution is -2.25. The largest absolute Gasteiger partial charge is 0.388 e. The van der Waals surface area contributed by atoms with Crippen molar-refractivity contribution >= 4 is 23.2 Å². The highest BCUT2D eigenvalue weighted by molar-refractivity contribution is 7.80. The summed E-state index contributed by atoms with van der Waals surface area (Å²) in [6.07, 6.45) is 0. The summed E-state index contributed by atoms with van der Waals surface area (Å²) in [7, 11) is 0. The summed E-state index contributed by atoms with van der Waals surface area (Å²) < 4.78 is 0. The topological polar surface area (TPSA) is 63.8 Å². The van der Waals surface area contributed by atoms with Crippen molar-refractivity contribution < 1.29 is 0 Å². The van der Waals surface area contributed by atoms with Crippen LogP contribution in [0.4, 0.5) is 5.95 Å². The lowest BCUT2D eigenvalue weighted by Gasteiger charge is -2.27. The molecular formula is C13H22N4S. The minimum Gasteiger partial charge on any atom is -0.388 e. The Kier molecular flexibility index (Phi) is 4.62. The molecule has 1 rings (SSSR count). The van der Waals surface area contributed by atoms with Gasteiger partial charge in [0.15, 0.2) is 0 Å². The van der Waals surface area contributed by atoms with Crippen LogP contribution in [-0.4, -0.2) is 21.5 Å². The van der Waals surface area contributed by atoms with Gasteiger partial charge in [0.05, 0.1) is 0 Å². The summed E-state index contributed by atoms with van der Waals surface area (Å²) >= 11 is 4.94. The first-order valence-corrected chi connectivity index (χ1v) is 6.50. The molecule has 0 spiro atoms. The summed E-state index contributed by atoms with van der Waals surface area (Å²) in [5.74, 6) is 1.10. The van der Waals surface area contributed by atoms with E-state index in [1.165, 1.54) is 0 Å². The number of anilines is 1. The number of hydrogen-bond acceptors (Lipinski definition) is 4. The number of rotatable bonds is 4. The zero-order valence-electron chi connectivity index (χ0n) is 11.7. The van der Waals surface area contributed by atoms with E-state index in [1.807, 2.05) is 6.92 Å². The van der Waals surface area contributed by atoms with E-state index in [9.17, 15) is 0 Å². The highest BCUT2D eigenvalue weighted by Crippen LogP contribution is 2.25. The predicted molar refractivity (Wildman–Crippen MR) is 79.8 cm³/mol. The van der Waals surface area contributed by atoms with E-state index in [0.29, 0.717) is 22.5 Å². The van der Waals surface area contributed by atoms with E-state index in [0.717, 1.165) is 12.2 Å². The molecule has 0 amide bonds. The van der Waals surface area contributed by atoms with E-state index in [1.54, 1.807) is 6.07 Å². The van der Waals surface area contributed by atoms with Crippen LogP contribution in [0.3, 0.4) is 0 Å². The first-order chi connectivity index (χ1) is 8.20. The molecular weight excluding hydrogens is 244 g/mol. The lowest BCUT2D eigenvalue weighted by molar-refractivity contribution is 0.274. The zero-order chi connectivity index (χ0) is 13.9. The Hall–Kier alpha value is -1.23. The highest BCUT2D eigenvalue weighted by atomic mass is 32.1. The van der Waals surface area contributed by atoms with Gasteiger partial charge in [-0.3, -0.25) is 0 Å². The molecule has 0 bridgehead atoms. The number of thiocarbonyl (C=S) groups is 1. The lowest BCUT2D eigenvalue weighted by atomic mass is 9.82. The standard InChI is InChI=1S/C13H22N4S/c1-8(13(3,4)5)7-15-12-16-9(2)6-10(17-12)11(14)18/h6,8H,7H2,1-5H3,(H2,14,18)(H,15,16,17). The van der Waals surface area contributed by atoms with Crippen LogP contribution >= 0.6 is 12.2 Å². The van der Waals surface area contributed by atoms with Gasteiger partial charge in [0.1, 0.15) is 10.7 Å². The Morgan fingerprint density at radius 3 is 2.56 bits per heavy atom. The number of nitrogens with one attached hydrogen (secondary N) is 1. The van der Waals surface area contributed by atoms with Crippen molar-refractivity contribution in [2.45, 2.75) is 34.6 Å². The van der Waals surface area contributed by atoms with E-state index < -0.39 is 0 Å². The molecule has 0 saturated carbocycles. The molecule has 100 valence electrons. The average Bonchev–Trinajstić information content (AvgIpc) is 2.23. The maximum absolute atomic E-state index is 5.59. The van der Waals surface area contributed by atoms with Crippen molar-refractivity contribution in [3.63, 3.8) is 0 Å². The monoisotopic (exact) mass is 266 g/mol. The van der Waals surface area contributed by atoms with Crippen molar-refractivity contribution in [3.05, 3.63) is 17.5 Å². The molecule has 0 aliphatic rings. The van der Waals surface area contributed by atoms with Crippen LogP contribution in [0.25, 0.3) is 0 Å². The molecule has 1 aromatic rings. The maximum atomic E-state index is 5.59. The minimum absolute atomic E-state index is 0.253.